The summed E-state index contributed by atoms with van der Waals surface area (Å²) in [5.74, 6) is -0.114. The van der Waals surface area contributed by atoms with Crippen LogP contribution in [-0.4, -0.2) is 11.8 Å². The fourth-order valence-electron chi connectivity index (χ4n) is 1.24. The second-order valence-electron chi connectivity index (χ2n) is 2.92. The Bertz CT molecular complexity index is 487. The number of hydrogen-bond acceptors (Lipinski definition) is 3. The van der Waals surface area contributed by atoms with Crippen LogP contribution in [0.4, 0.5) is 8.78 Å². The van der Waals surface area contributed by atoms with Crippen LogP contribution in [-0.2, 0) is 0 Å². The van der Waals surface area contributed by atoms with E-state index in [9.17, 15) is 8.78 Å². The molecule has 1 heterocycles. The van der Waals surface area contributed by atoms with Gasteiger partial charge in [-0.15, -0.1) is 0 Å². The summed E-state index contributed by atoms with van der Waals surface area (Å²) in [6, 6.07) is 6.59. The molecule has 1 aromatic carbocycles. The third-order valence-corrected chi connectivity index (χ3v) is 2.09. The third kappa shape index (κ3) is 2.30. The lowest BCUT2D eigenvalue weighted by molar-refractivity contribution is -0.0498. The maximum absolute atomic E-state index is 12.1. The Morgan fingerprint density at radius 2 is 2.19 bits per heavy atom. The Kier molecular flexibility index (Phi) is 3.05. The van der Waals surface area contributed by atoms with Gasteiger partial charge in [-0.25, -0.2) is 0 Å². The normalized spacial score (nSPS) is 10.8. The highest BCUT2D eigenvalue weighted by atomic mass is 35.5. The molecule has 0 aliphatic rings. The number of benzene rings is 1. The summed E-state index contributed by atoms with van der Waals surface area (Å²) in [5, 5.41) is 4.06. The lowest BCUT2D eigenvalue weighted by atomic mass is 10.1. The largest absolute Gasteiger partial charge is 0.429 e. The fraction of sp³-hybridized carbons (Fsp3) is 0.100. The maximum atomic E-state index is 12.1. The van der Waals surface area contributed by atoms with Crippen LogP contribution in [0.1, 0.15) is 0 Å². The molecule has 0 fully saturated rings. The van der Waals surface area contributed by atoms with Gasteiger partial charge in [0.15, 0.2) is 17.7 Å². The van der Waals surface area contributed by atoms with E-state index in [1.54, 1.807) is 24.3 Å². The summed E-state index contributed by atoms with van der Waals surface area (Å²) >= 11 is 5.77. The highest BCUT2D eigenvalue weighted by Gasteiger charge is 2.15. The predicted octanol–water partition coefficient (Wildman–Crippen LogP) is 3.60. The number of halogens is 3. The Hall–Kier alpha value is -1.62. The molecule has 3 nitrogen and oxygen atoms in total. The fourth-order valence-corrected chi connectivity index (χ4v) is 1.43. The van der Waals surface area contributed by atoms with E-state index < -0.39 is 6.61 Å². The summed E-state index contributed by atoms with van der Waals surface area (Å²) < 4.78 is 32.9. The van der Waals surface area contributed by atoms with Crippen molar-refractivity contribution in [3.05, 3.63) is 35.6 Å². The van der Waals surface area contributed by atoms with E-state index in [4.69, 9.17) is 11.6 Å². The molecule has 0 bridgehead atoms. The van der Waals surface area contributed by atoms with Crippen LogP contribution in [0.3, 0.4) is 0 Å². The first-order chi connectivity index (χ1) is 7.66. The van der Waals surface area contributed by atoms with E-state index in [0.29, 0.717) is 10.6 Å². The van der Waals surface area contributed by atoms with Gasteiger partial charge in [-0.05, 0) is 12.1 Å². The van der Waals surface area contributed by atoms with Gasteiger partial charge in [0.05, 0.1) is 0 Å². The van der Waals surface area contributed by atoms with Crippen molar-refractivity contribution in [2.75, 3.05) is 0 Å². The zero-order valence-corrected chi connectivity index (χ0v) is 8.62. The first-order valence-corrected chi connectivity index (χ1v) is 4.70. The first-order valence-electron chi connectivity index (χ1n) is 4.32. The molecule has 1 aromatic heterocycles. The van der Waals surface area contributed by atoms with Gasteiger partial charge in [0.25, 0.3) is 0 Å². The van der Waals surface area contributed by atoms with E-state index in [2.05, 4.69) is 14.4 Å². The number of nitrogens with zero attached hydrogens (tertiary/aromatic N) is 1. The quantitative estimate of drug-likeness (QED) is 0.829. The Balaban J connectivity index is 2.37. The van der Waals surface area contributed by atoms with Crippen LogP contribution in [0.25, 0.3) is 11.3 Å². The summed E-state index contributed by atoms with van der Waals surface area (Å²) in [6.07, 6.45) is 1.02. The van der Waals surface area contributed by atoms with E-state index in [0.717, 1.165) is 6.26 Å². The van der Waals surface area contributed by atoms with E-state index in [1.165, 1.54) is 0 Å². The van der Waals surface area contributed by atoms with E-state index >= 15 is 0 Å². The molecule has 0 saturated heterocycles. The van der Waals surface area contributed by atoms with Crippen LogP contribution in [0.2, 0.25) is 5.02 Å². The van der Waals surface area contributed by atoms with Crippen molar-refractivity contribution in [1.29, 1.82) is 0 Å². The molecule has 6 heteroatoms. The minimum atomic E-state index is -2.92. The van der Waals surface area contributed by atoms with Gasteiger partial charge >= 0.3 is 6.61 Å². The van der Waals surface area contributed by atoms with Gasteiger partial charge in [0.1, 0.15) is 0 Å². The van der Waals surface area contributed by atoms with Crippen LogP contribution in [0, 0.1) is 0 Å². The van der Waals surface area contributed by atoms with Crippen LogP contribution >= 0.6 is 11.6 Å². The molecule has 84 valence electrons. The average molecular weight is 246 g/mol. The highest BCUT2D eigenvalue weighted by molar-refractivity contribution is 6.30. The van der Waals surface area contributed by atoms with Gasteiger partial charge in [0, 0.05) is 10.6 Å². The Morgan fingerprint density at radius 1 is 1.38 bits per heavy atom. The number of ether oxygens (including phenoxy) is 1. The van der Waals surface area contributed by atoms with Gasteiger partial charge < -0.3 is 9.26 Å². The van der Waals surface area contributed by atoms with Gasteiger partial charge in [-0.1, -0.05) is 28.9 Å². The summed E-state index contributed by atoms with van der Waals surface area (Å²) in [5.41, 5.74) is 0.750. The lowest BCUT2D eigenvalue weighted by Gasteiger charge is -2.03. The zero-order chi connectivity index (χ0) is 11.5. The van der Waals surface area contributed by atoms with Crippen LogP contribution < -0.4 is 4.74 Å². The van der Waals surface area contributed by atoms with E-state index in [1.807, 2.05) is 0 Å². The standard InChI is InChI=1S/C10H6ClF2NO2/c11-7-3-1-2-6(4-7)9-8(5-15-14-9)16-10(12)13/h1-5,10H. The lowest BCUT2D eigenvalue weighted by Crippen LogP contribution is -2.01. The number of alkyl halides is 2. The molecule has 0 atom stereocenters. The van der Waals surface area contributed by atoms with Crippen molar-refractivity contribution >= 4 is 11.6 Å². The van der Waals surface area contributed by atoms with Crippen molar-refractivity contribution in [3.8, 4) is 17.0 Å². The van der Waals surface area contributed by atoms with Crippen molar-refractivity contribution in [3.63, 3.8) is 0 Å². The van der Waals surface area contributed by atoms with Gasteiger partial charge in [-0.3, -0.25) is 0 Å². The molecule has 16 heavy (non-hydrogen) atoms. The SMILES string of the molecule is FC(F)Oc1conc1-c1cccc(Cl)c1. The predicted molar refractivity (Wildman–Crippen MR) is 53.6 cm³/mol. The zero-order valence-electron chi connectivity index (χ0n) is 7.86. The number of aromatic nitrogens is 1. The molecule has 2 aromatic rings. The number of hydrogen-bond donors (Lipinski definition) is 0. The second kappa shape index (κ2) is 4.49. The molecule has 0 spiro atoms. The molecule has 0 saturated carbocycles. The van der Waals surface area contributed by atoms with Crippen molar-refractivity contribution in [2.24, 2.45) is 0 Å². The molecule has 0 N–H and O–H groups in total. The molecule has 0 radical (unpaired) electrons. The summed E-state index contributed by atoms with van der Waals surface area (Å²) in [4.78, 5) is 0. The second-order valence-corrected chi connectivity index (χ2v) is 3.35. The van der Waals surface area contributed by atoms with Crippen molar-refractivity contribution in [2.45, 2.75) is 6.61 Å². The minimum absolute atomic E-state index is 0.114. The first kappa shape index (κ1) is 10.9. The molecule has 2 rings (SSSR count). The molecular formula is C10H6ClF2NO2. The summed E-state index contributed by atoms with van der Waals surface area (Å²) in [7, 11) is 0. The van der Waals surface area contributed by atoms with Crippen LogP contribution in [0.15, 0.2) is 35.1 Å². The molecule has 0 unspecified atom stereocenters. The van der Waals surface area contributed by atoms with Crippen molar-refractivity contribution in [1.82, 2.24) is 5.16 Å². The van der Waals surface area contributed by atoms with E-state index in [-0.39, 0.29) is 11.4 Å². The van der Waals surface area contributed by atoms with Gasteiger partial charge in [0.2, 0.25) is 0 Å². The molecule has 0 aliphatic carbocycles. The average Bonchev–Trinajstić information content (AvgIpc) is 2.65. The van der Waals surface area contributed by atoms with Gasteiger partial charge in [-0.2, -0.15) is 8.78 Å². The molecular weight excluding hydrogens is 240 g/mol. The monoisotopic (exact) mass is 245 g/mol. The Morgan fingerprint density at radius 3 is 2.88 bits per heavy atom. The topological polar surface area (TPSA) is 35.3 Å². The minimum Gasteiger partial charge on any atom is -0.429 e. The third-order valence-electron chi connectivity index (χ3n) is 1.85. The van der Waals surface area contributed by atoms with Crippen LogP contribution in [0.5, 0.6) is 5.75 Å². The number of rotatable bonds is 3. The maximum Gasteiger partial charge on any atom is 0.387 e. The highest BCUT2D eigenvalue weighted by Crippen LogP contribution is 2.30. The summed E-state index contributed by atoms with van der Waals surface area (Å²) in [6.45, 7) is -2.92. The van der Waals surface area contributed by atoms with Crippen molar-refractivity contribution < 1.29 is 18.0 Å². The molecule has 0 aliphatic heterocycles. The molecule has 0 amide bonds. The Labute approximate surface area is 94.6 Å². The smallest absolute Gasteiger partial charge is 0.387 e.